The fraction of sp³-hybridized carbons (Fsp3) is 0.500. The maximum absolute atomic E-state index is 12.9. The lowest BCUT2D eigenvalue weighted by Gasteiger charge is -2.47. The normalized spacial score (nSPS) is 20.4. The molecule has 30 heavy (non-hydrogen) atoms. The van der Waals surface area contributed by atoms with Crippen LogP contribution in [0.2, 0.25) is 0 Å². The number of carbonyl (C=O) groups excluding carboxylic acids is 4. The topological polar surface area (TPSA) is 125 Å². The van der Waals surface area contributed by atoms with Crippen molar-refractivity contribution in [2.24, 2.45) is 0 Å². The van der Waals surface area contributed by atoms with Crippen molar-refractivity contribution in [1.82, 2.24) is 15.1 Å². The summed E-state index contributed by atoms with van der Waals surface area (Å²) in [6.07, 6.45) is 0.0917. The van der Waals surface area contributed by atoms with Crippen molar-refractivity contribution in [3.8, 4) is 17.2 Å². The monoisotopic (exact) mass is 419 g/mol. The van der Waals surface area contributed by atoms with Crippen molar-refractivity contribution in [3.63, 3.8) is 0 Å². The molecule has 2 atom stereocenters. The van der Waals surface area contributed by atoms with E-state index in [2.05, 4.69) is 5.32 Å². The van der Waals surface area contributed by atoms with E-state index in [0.717, 1.165) is 6.92 Å². The minimum absolute atomic E-state index is 0.0568. The van der Waals surface area contributed by atoms with Crippen molar-refractivity contribution >= 4 is 23.5 Å². The molecule has 0 saturated carbocycles. The fourth-order valence-electron chi connectivity index (χ4n) is 4.23. The van der Waals surface area contributed by atoms with Gasteiger partial charge in [0, 0.05) is 43.6 Å². The number of carbonyl (C=O) groups is 4. The van der Waals surface area contributed by atoms with Crippen LogP contribution in [-0.4, -0.2) is 78.8 Å². The Morgan fingerprint density at radius 3 is 2.40 bits per heavy atom. The molecule has 2 aliphatic heterocycles. The second kappa shape index (κ2) is 7.85. The highest BCUT2D eigenvalue weighted by molar-refractivity contribution is 6.35. The maximum atomic E-state index is 12.9. The van der Waals surface area contributed by atoms with Crippen molar-refractivity contribution in [3.05, 3.63) is 16.7 Å². The summed E-state index contributed by atoms with van der Waals surface area (Å²) in [6, 6.07) is -1.67. The van der Waals surface area contributed by atoms with Gasteiger partial charge in [0.15, 0.2) is 11.5 Å². The number of piperazine rings is 1. The second-order valence-corrected chi connectivity index (χ2v) is 7.43. The first-order chi connectivity index (χ1) is 14.1. The highest BCUT2D eigenvalue weighted by Gasteiger charge is 2.48. The van der Waals surface area contributed by atoms with E-state index in [1.807, 2.05) is 0 Å². The Bertz CT molecular complexity index is 943. The molecule has 2 heterocycles. The number of hydrogen-bond acceptors (Lipinski definition) is 7. The number of methoxy groups -OCH3 is 2. The summed E-state index contributed by atoms with van der Waals surface area (Å²) >= 11 is 0. The first kappa shape index (κ1) is 21.4. The van der Waals surface area contributed by atoms with E-state index in [0.29, 0.717) is 28.2 Å². The van der Waals surface area contributed by atoms with Gasteiger partial charge in [-0.25, -0.2) is 0 Å². The molecule has 0 spiro atoms. The van der Waals surface area contributed by atoms with Gasteiger partial charge in [-0.2, -0.15) is 0 Å². The largest absolute Gasteiger partial charge is 0.507 e. The van der Waals surface area contributed by atoms with Gasteiger partial charge in [0.05, 0.1) is 26.8 Å². The third kappa shape index (κ3) is 3.21. The predicted octanol–water partition coefficient (Wildman–Crippen LogP) is -0.311. The van der Waals surface area contributed by atoms with Gasteiger partial charge in [-0.05, 0) is 6.92 Å². The molecule has 0 aromatic heterocycles. The third-order valence-corrected chi connectivity index (χ3v) is 5.67. The number of rotatable bonds is 5. The predicted molar refractivity (Wildman–Crippen MR) is 104 cm³/mol. The molecule has 2 N–H and O–H groups in total. The van der Waals surface area contributed by atoms with Crippen LogP contribution in [0.15, 0.2) is 0 Å². The van der Waals surface area contributed by atoms with E-state index in [4.69, 9.17) is 9.47 Å². The van der Waals surface area contributed by atoms with Gasteiger partial charge in [0.25, 0.3) is 5.91 Å². The van der Waals surface area contributed by atoms with Crippen LogP contribution >= 0.6 is 0 Å². The Hall–Kier alpha value is -3.30. The van der Waals surface area contributed by atoms with E-state index in [9.17, 15) is 24.3 Å². The lowest BCUT2D eigenvalue weighted by molar-refractivity contribution is -0.158. The molecule has 1 aromatic carbocycles. The third-order valence-electron chi connectivity index (χ3n) is 5.67. The summed E-state index contributed by atoms with van der Waals surface area (Å²) in [5.74, 6) is -1.52. The number of hydrogen-bond donors (Lipinski definition) is 2. The van der Waals surface area contributed by atoms with Crippen molar-refractivity contribution in [2.75, 3.05) is 34.4 Å². The summed E-state index contributed by atoms with van der Waals surface area (Å²) in [6.45, 7) is 2.55. The number of aromatic hydroxyl groups is 1. The molecule has 3 rings (SSSR count). The summed E-state index contributed by atoms with van der Waals surface area (Å²) in [5.41, 5.74) is 1.34. The van der Waals surface area contributed by atoms with Crippen molar-refractivity contribution in [1.29, 1.82) is 0 Å². The molecule has 10 nitrogen and oxygen atoms in total. The van der Waals surface area contributed by atoms with Crippen LogP contribution in [0.25, 0.3) is 0 Å². The number of phenolic OH excluding ortho intramolecular Hbond substituents is 1. The standard InChI is InChI=1S/C20H25N3O7/c1-9-16(26)11-6-12-20(28)22(3)8-14(25)23(12)13(7-21-19(27)10(2)24)15(11)18(30-5)17(9)29-4/h12-13,26H,6-8H2,1-5H3,(H,21,27)/t12-,13+/m0/s1. The Morgan fingerprint density at radius 1 is 1.20 bits per heavy atom. The number of nitrogens with one attached hydrogen (secondary N) is 1. The first-order valence-electron chi connectivity index (χ1n) is 9.45. The fourth-order valence-corrected chi connectivity index (χ4v) is 4.23. The van der Waals surface area contributed by atoms with Crippen molar-refractivity contribution in [2.45, 2.75) is 32.4 Å². The zero-order valence-corrected chi connectivity index (χ0v) is 17.6. The molecule has 10 heteroatoms. The minimum Gasteiger partial charge on any atom is -0.507 e. The van der Waals surface area contributed by atoms with Crippen LogP contribution in [-0.2, 0) is 25.6 Å². The number of benzene rings is 1. The summed E-state index contributed by atoms with van der Waals surface area (Å²) in [4.78, 5) is 51.8. The molecule has 0 radical (unpaired) electrons. The lowest BCUT2D eigenvalue weighted by atomic mass is 9.83. The van der Waals surface area contributed by atoms with Crippen LogP contribution in [0, 0.1) is 6.92 Å². The molecule has 1 aromatic rings. The summed E-state index contributed by atoms with van der Waals surface area (Å²) in [7, 11) is 4.40. The Morgan fingerprint density at radius 2 is 1.83 bits per heavy atom. The molecular formula is C20H25N3O7. The van der Waals surface area contributed by atoms with Crippen LogP contribution in [0.3, 0.4) is 0 Å². The molecule has 1 fully saturated rings. The van der Waals surface area contributed by atoms with Gasteiger partial charge in [-0.15, -0.1) is 0 Å². The average molecular weight is 419 g/mol. The number of phenols is 1. The Kier molecular flexibility index (Phi) is 5.60. The van der Waals surface area contributed by atoms with Crippen LogP contribution in [0.5, 0.6) is 17.2 Å². The molecule has 0 unspecified atom stereocenters. The van der Waals surface area contributed by atoms with E-state index in [1.165, 1.54) is 24.0 Å². The number of ketones is 1. The molecule has 162 valence electrons. The number of Topliss-reactive ketones (excluding diaryl/α,β-unsaturated/α-hetero) is 1. The first-order valence-corrected chi connectivity index (χ1v) is 9.45. The molecule has 3 amide bonds. The number of ether oxygens (including phenoxy) is 2. The molecule has 1 saturated heterocycles. The van der Waals surface area contributed by atoms with Gasteiger partial charge < -0.3 is 29.7 Å². The molecule has 2 aliphatic rings. The minimum atomic E-state index is -0.841. The van der Waals surface area contributed by atoms with Gasteiger partial charge in [0.1, 0.15) is 11.8 Å². The van der Waals surface area contributed by atoms with Crippen LogP contribution in [0.1, 0.15) is 29.7 Å². The van der Waals surface area contributed by atoms with Gasteiger partial charge in [-0.1, -0.05) is 0 Å². The zero-order chi connectivity index (χ0) is 22.3. The highest BCUT2D eigenvalue weighted by atomic mass is 16.5. The van der Waals surface area contributed by atoms with Crippen LogP contribution < -0.4 is 14.8 Å². The lowest BCUT2D eigenvalue weighted by Crippen LogP contribution is -2.63. The Balaban J connectivity index is 2.22. The SMILES string of the molecule is COc1c(C)c(O)c2c(c1OC)[C@@H](CNC(=O)C(C)=O)N1C(=O)CN(C)C(=O)[C@@H]1C2. The maximum Gasteiger partial charge on any atom is 0.287 e. The second-order valence-electron chi connectivity index (χ2n) is 7.43. The van der Waals surface area contributed by atoms with Gasteiger partial charge in [0.2, 0.25) is 17.6 Å². The molecular weight excluding hydrogens is 394 g/mol. The van der Waals surface area contributed by atoms with Crippen molar-refractivity contribution < 1.29 is 33.8 Å². The van der Waals surface area contributed by atoms with E-state index in [-0.39, 0.29) is 37.1 Å². The molecule has 0 aliphatic carbocycles. The smallest absolute Gasteiger partial charge is 0.287 e. The number of fused-ring (bicyclic) bond motifs is 2. The number of nitrogens with zero attached hydrogens (tertiary/aromatic N) is 2. The van der Waals surface area contributed by atoms with Crippen LogP contribution in [0.4, 0.5) is 0 Å². The van der Waals surface area contributed by atoms with Gasteiger partial charge >= 0.3 is 0 Å². The van der Waals surface area contributed by atoms with Gasteiger partial charge in [-0.3, -0.25) is 19.2 Å². The summed E-state index contributed by atoms with van der Waals surface area (Å²) in [5, 5.41) is 13.4. The highest BCUT2D eigenvalue weighted by Crippen LogP contribution is 2.50. The quantitative estimate of drug-likeness (QED) is 0.627. The zero-order valence-electron chi connectivity index (χ0n) is 17.6. The van der Waals surface area contributed by atoms with E-state index in [1.54, 1.807) is 14.0 Å². The van der Waals surface area contributed by atoms with E-state index < -0.39 is 23.8 Å². The number of likely N-dealkylation sites (N-methyl/N-ethyl adjacent to an activating group) is 1. The average Bonchev–Trinajstić information content (AvgIpc) is 2.71. The van der Waals surface area contributed by atoms with E-state index >= 15 is 0 Å². The number of amides is 3. The Labute approximate surface area is 173 Å². The summed E-state index contributed by atoms with van der Waals surface area (Å²) < 4.78 is 11.0. The molecule has 0 bridgehead atoms.